The van der Waals surface area contributed by atoms with Crippen molar-refractivity contribution in [3.05, 3.63) is 42.5 Å². The van der Waals surface area contributed by atoms with Crippen LogP contribution in [0.2, 0.25) is 0 Å². The monoisotopic (exact) mass is 258 g/mol. The number of benzene rings is 1. The van der Waals surface area contributed by atoms with Gasteiger partial charge in [-0.1, -0.05) is 25.1 Å². The molecule has 1 fully saturated rings. The summed E-state index contributed by atoms with van der Waals surface area (Å²) in [5.74, 6) is 2.63. The largest absolute Gasteiger partial charge is 0.494 e. The van der Waals surface area contributed by atoms with Crippen LogP contribution in [-0.2, 0) is 0 Å². The smallest absolute Gasteiger partial charge is 0.119 e. The summed E-state index contributed by atoms with van der Waals surface area (Å²) < 4.78 is 5.64. The number of rotatable bonds is 6. The molecule has 0 aliphatic heterocycles. The normalized spacial score (nSPS) is 23.0. The van der Waals surface area contributed by atoms with E-state index in [-0.39, 0.29) is 0 Å². The first-order chi connectivity index (χ1) is 9.33. The molecular formula is C18H26O. The minimum absolute atomic E-state index is 0.751. The van der Waals surface area contributed by atoms with Gasteiger partial charge in [-0.15, -0.1) is 6.58 Å². The molecule has 1 aliphatic carbocycles. The molecule has 104 valence electrons. The fourth-order valence-corrected chi connectivity index (χ4v) is 3.02. The van der Waals surface area contributed by atoms with Crippen LogP contribution in [0, 0.1) is 5.92 Å². The summed E-state index contributed by atoms with van der Waals surface area (Å²) in [4.78, 5) is 0. The Kier molecular flexibility index (Phi) is 5.50. The molecule has 1 heteroatoms. The molecule has 0 radical (unpaired) electrons. The number of hydrogen-bond acceptors (Lipinski definition) is 1. The van der Waals surface area contributed by atoms with Gasteiger partial charge in [0.15, 0.2) is 0 Å². The van der Waals surface area contributed by atoms with Gasteiger partial charge >= 0.3 is 0 Å². The lowest BCUT2D eigenvalue weighted by molar-refractivity contribution is 0.316. The van der Waals surface area contributed by atoms with Crippen molar-refractivity contribution in [1.82, 2.24) is 0 Å². The number of hydrogen-bond donors (Lipinski definition) is 0. The van der Waals surface area contributed by atoms with Crippen molar-refractivity contribution in [2.45, 2.75) is 51.4 Å². The Labute approximate surface area is 117 Å². The topological polar surface area (TPSA) is 9.23 Å². The van der Waals surface area contributed by atoms with Crippen LogP contribution in [0.15, 0.2) is 36.9 Å². The molecule has 0 bridgehead atoms. The maximum Gasteiger partial charge on any atom is 0.119 e. The molecule has 1 saturated carbocycles. The Bertz CT molecular complexity index is 371. The van der Waals surface area contributed by atoms with E-state index >= 15 is 0 Å². The second-order valence-electron chi connectivity index (χ2n) is 5.66. The van der Waals surface area contributed by atoms with Gasteiger partial charge < -0.3 is 4.74 Å². The Morgan fingerprint density at radius 3 is 2.42 bits per heavy atom. The summed E-state index contributed by atoms with van der Waals surface area (Å²) in [5, 5.41) is 0. The van der Waals surface area contributed by atoms with Crippen LogP contribution < -0.4 is 4.74 Å². The van der Waals surface area contributed by atoms with Gasteiger partial charge in [0.05, 0.1) is 6.61 Å². The Balaban J connectivity index is 1.87. The Hall–Kier alpha value is -1.24. The average molecular weight is 258 g/mol. The van der Waals surface area contributed by atoms with Crippen LogP contribution in [0.5, 0.6) is 5.75 Å². The van der Waals surface area contributed by atoms with Crippen LogP contribution >= 0.6 is 0 Å². The fourth-order valence-electron chi connectivity index (χ4n) is 3.02. The van der Waals surface area contributed by atoms with Gasteiger partial charge in [0.1, 0.15) is 5.75 Å². The molecule has 0 N–H and O–H groups in total. The van der Waals surface area contributed by atoms with Crippen LogP contribution in [0.1, 0.15) is 56.9 Å². The van der Waals surface area contributed by atoms with Gasteiger partial charge in [-0.2, -0.15) is 0 Å². The highest BCUT2D eigenvalue weighted by atomic mass is 16.5. The maximum absolute atomic E-state index is 5.64. The van der Waals surface area contributed by atoms with Gasteiger partial charge in [0, 0.05) is 0 Å². The molecular weight excluding hydrogens is 232 g/mol. The number of ether oxygens (including phenoxy) is 1. The van der Waals surface area contributed by atoms with Crippen LogP contribution in [-0.4, -0.2) is 6.61 Å². The molecule has 0 atom stereocenters. The van der Waals surface area contributed by atoms with E-state index in [2.05, 4.69) is 43.8 Å². The molecule has 0 spiro atoms. The van der Waals surface area contributed by atoms with E-state index in [0.717, 1.165) is 30.6 Å². The van der Waals surface area contributed by atoms with Crippen molar-refractivity contribution in [3.8, 4) is 5.75 Å². The maximum atomic E-state index is 5.64. The van der Waals surface area contributed by atoms with E-state index in [1.165, 1.54) is 37.7 Å². The minimum atomic E-state index is 0.751. The highest BCUT2D eigenvalue weighted by molar-refractivity contribution is 5.29. The summed E-state index contributed by atoms with van der Waals surface area (Å²) in [6.07, 6.45) is 9.69. The predicted molar refractivity (Wildman–Crippen MR) is 81.7 cm³/mol. The molecule has 0 saturated heterocycles. The molecule has 2 rings (SSSR count). The lowest BCUT2D eigenvalue weighted by Crippen LogP contribution is -2.12. The fraction of sp³-hybridized carbons (Fsp3) is 0.556. The molecule has 19 heavy (non-hydrogen) atoms. The Morgan fingerprint density at radius 1 is 1.16 bits per heavy atom. The summed E-state index contributed by atoms with van der Waals surface area (Å²) >= 11 is 0. The second kappa shape index (κ2) is 7.37. The van der Waals surface area contributed by atoms with Crippen molar-refractivity contribution < 1.29 is 4.74 Å². The van der Waals surface area contributed by atoms with Crippen molar-refractivity contribution in [2.75, 3.05) is 6.61 Å². The summed E-state index contributed by atoms with van der Waals surface area (Å²) in [7, 11) is 0. The van der Waals surface area contributed by atoms with E-state index < -0.39 is 0 Å². The third-order valence-electron chi connectivity index (χ3n) is 4.17. The average Bonchev–Trinajstić information content (AvgIpc) is 2.47. The zero-order valence-electron chi connectivity index (χ0n) is 12.1. The second-order valence-corrected chi connectivity index (χ2v) is 5.66. The zero-order chi connectivity index (χ0) is 13.5. The first-order valence-electron chi connectivity index (χ1n) is 7.67. The van der Waals surface area contributed by atoms with Gasteiger partial charge in [-0.05, 0) is 68.1 Å². The van der Waals surface area contributed by atoms with E-state index in [1.54, 1.807) is 0 Å². The standard InChI is InChI=1S/C18H26O/c1-3-5-15-6-8-16(9-7-15)17-10-12-18(13-11-17)19-14-4-2/h3,10-13,15-16H,1,4-9,14H2,2H3. The molecule has 1 aromatic rings. The summed E-state index contributed by atoms with van der Waals surface area (Å²) in [6, 6.07) is 8.76. The van der Waals surface area contributed by atoms with E-state index in [9.17, 15) is 0 Å². The summed E-state index contributed by atoms with van der Waals surface area (Å²) in [5.41, 5.74) is 1.49. The third-order valence-corrected chi connectivity index (χ3v) is 4.17. The molecule has 0 aromatic heterocycles. The van der Waals surface area contributed by atoms with Crippen LogP contribution in [0.25, 0.3) is 0 Å². The predicted octanol–water partition coefficient (Wildman–Crippen LogP) is 5.33. The van der Waals surface area contributed by atoms with Gasteiger partial charge in [0.25, 0.3) is 0 Å². The van der Waals surface area contributed by atoms with Crippen molar-refractivity contribution >= 4 is 0 Å². The number of allylic oxidation sites excluding steroid dienone is 1. The first kappa shape index (κ1) is 14.2. The van der Waals surface area contributed by atoms with E-state index in [4.69, 9.17) is 4.74 Å². The minimum Gasteiger partial charge on any atom is -0.494 e. The molecule has 0 amide bonds. The van der Waals surface area contributed by atoms with Crippen molar-refractivity contribution in [2.24, 2.45) is 5.92 Å². The zero-order valence-corrected chi connectivity index (χ0v) is 12.1. The third kappa shape index (κ3) is 4.12. The first-order valence-corrected chi connectivity index (χ1v) is 7.67. The molecule has 1 aliphatic rings. The molecule has 1 aromatic carbocycles. The van der Waals surface area contributed by atoms with E-state index in [1.807, 2.05) is 0 Å². The van der Waals surface area contributed by atoms with Crippen LogP contribution in [0.3, 0.4) is 0 Å². The van der Waals surface area contributed by atoms with Crippen molar-refractivity contribution in [1.29, 1.82) is 0 Å². The molecule has 1 nitrogen and oxygen atoms in total. The summed E-state index contributed by atoms with van der Waals surface area (Å²) in [6.45, 7) is 6.80. The highest BCUT2D eigenvalue weighted by Crippen LogP contribution is 2.37. The van der Waals surface area contributed by atoms with Gasteiger partial charge in [0.2, 0.25) is 0 Å². The van der Waals surface area contributed by atoms with Crippen molar-refractivity contribution in [3.63, 3.8) is 0 Å². The van der Waals surface area contributed by atoms with Gasteiger partial charge in [-0.25, -0.2) is 0 Å². The lowest BCUT2D eigenvalue weighted by atomic mass is 9.77. The van der Waals surface area contributed by atoms with E-state index in [0.29, 0.717) is 0 Å². The molecule has 0 unspecified atom stereocenters. The SMILES string of the molecule is C=CCC1CCC(c2ccc(OCCC)cc2)CC1. The molecule has 0 heterocycles. The quantitative estimate of drug-likeness (QED) is 0.627. The van der Waals surface area contributed by atoms with Gasteiger partial charge in [-0.3, -0.25) is 0 Å². The Morgan fingerprint density at radius 2 is 1.84 bits per heavy atom. The lowest BCUT2D eigenvalue weighted by Gasteiger charge is -2.28. The highest BCUT2D eigenvalue weighted by Gasteiger charge is 2.21. The van der Waals surface area contributed by atoms with Crippen LogP contribution in [0.4, 0.5) is 0 Å².